The Hall–Kier alpha value is -1.26. The molecule has 1 aliphatic heterocycles. The van der Waals surface area contributed by atoms with Gasteiger partial charge in [-0.3, -0.25) is 4.99 Å². The molecule has 92 valence electrons. The van der Waals surface area contributed by atoms with Crippen molar-refractivity contribution in [1.29, 1.82) is 0 Å². The van der Waals surface area contributed by atoms with Crippen molar-refractivity contribution in [1.82, 2.24) is 0 Å². The summed E-state index contributed by atoms with van der Waals surface area (Å²) < 4.78 is 5.33. The topological polar surface area (TPSA) is 50.8 Å². The van der Waals surface area contributed by atoms with E-state index in [0.29, 0.717) is 10.7 Å². The smallest absolute Gasteiger partial charge is 0.0660 e. The Balaban J connectivity index is 2.35. The van der Waals surface area contributed by atoms with E-state index >= 15 is 0 Å². The van der Waals surface area contributed by atoms with Crippen LogP contribution in [0.4, 0.5) is 11.4 Å². The molecule has 5 heteroatoms. The van der Waals surface area contributed by atoms with E-state index < -0.39 is 0 Å². The van der Waals surface area contributed by atoms with Crippen LogP contribution in [0.5, 0.6) is 0 Å². The van der Waals surface area contributed by atoms with E-state index in [2.05, 4.69) is 9.89 Å². The highest BCUT2D eigenvalue weighted by molar-refractivity contribution is 6.33. The van der Waals surface area contributed by atoms with Gasteiger partial charge in [-0.25, -0.2) is 0 Å². The summed E-state index contributed by atoms with van der Waals surface area (Å²) in [6, 6.07) is 3.76. The summed E-state index contributed by atoms with van der Waals surface area (Å²) in [5, 5.41) is 0.678. The molecule has 1 heterocycles. The highest BCUT2D eigenvalue weighted by atomic mass is 35.5. The standard InChI is InChI=1S/C12H16ClN3O/c1-15-8-9-6-12(10(13)7-11(9)14)16-2-4-17-5-3-16/h6-8H,2-5,14H2,1H3. The zero-order chi connectivity index (χ0) is 12.3. The molecule has 1 aromatic rings. The zero-order valence-corrected chi connectivity index (χ0v) is 10.6. The van der Waals surface area contributed by atoms with Gasteiger partial charge in [-0.1, -0.05) is 11.6 Å². The maximum Gasteiger partial charge on any atom is 0.0660 e. The number of nitrogens with two attached hydrogens (primary N) is 1. The van der Waals surface area contributed by atoms with Gasteiger partial charge in [0.05, 0.1) is 23.9 Å². The van der Waals surface area contributed by atoms with Gasteiger partial charge in [-0.2, -0.15) is 0 Å². The monoisotopic (exact) mass is 253 g/mol. The summed E-state index contributed by atoms with van der Waals surface area (Å²) in [7, 11) is 1.72. The molecule has 1 aliphatic rings. The summed E-state index contributed by atoms with van der Waals surface area (Å²) in [5.74, 6) is 0. The van der Waals surface area contributed by atoms with Gasteiger partial charge < -0.3 is 15.4 Å². The number of halogens is 1. The molecule has 0 aromatic heterocycles. The summed E-state index contributed by atoms with van der Waals surface area (Å²) in [6.07, 6.45) is 1.75. The second kappa shape index (κ2) is 5.38. The normalized spacial score (nSPS) is 16.7. The van der Waals surface area contributed by atoms with E-state index in [-0.39, 0.29) is 0 Å². The molecule has 1 aromatic carbocycles. The SMILES string of the molecule is CN=Cc1cc(N2CCOCC2)c(Cl)cc1N. The fourth-order valence-corrected chi connectivity index (χ4v) is 2.18. The Labute approximate surface area is 106 Å². The van der Waals surface area contributed by atoms with Crippen molar-refractivity contribution in [2.24, 2.45) is 4.99 Å². The molecule has 0 amide bonds. The van der Waals surface area contributed by atoms with Crippen LogP contribution >= 0.6 is 11.6 Å². The van der Waals surface area contributed by atoms with Gasteiger partial charge in [0.25, 0.3) is 0 Å². The van der Waals surface area contributed by atoms with Crippen molar-refractivity contribution in [3.63, 3.8) is 0 Å². The van der Waals surface area contributed by atoms with Crippen LogP contribution in [0.25, 0.3) is 0 Å². The Bertz CT molecular complexity index is 428. The Kier molecular flexibility index (Phi) is 3.86. The van der Waals surface area contributed by atoms with Gasteiger partial charge in [-0.15, -0.1) is 0 Å². The van der Waals surface area contributed by atoms with Gasteiger partial charge in [-0.05, 0) is 12.1 Å². The minimum atomic E-state index is 0.651. The number of hydrogen-bond donors (Lipinski definition) is 1. The first-order chi connectivity index (χ1) is 8.22. The molecule has 1 fully saturated rings. The average Bonchev–Trinajstić information content (AvgIpc) is 2.34. The van der Waals surface area contributed by atoms with E-state index in [1.807, 2.05) is 6.07 Å². The molecular formula is C12H16ClN3O. The van der Waals surface area contributed by atoms with Crippen LogP contribution in [-0.4, -0.2) is 39.6 Å². The molecule has 0 spiro atoms. The second-order valence-corrected chi connectivity index (χ2v) is 4.33. The number of rotatable bonds is 2. The molecule has 2 N–H and O–H groups in total. The molecule has 1 saturated heterocycles. The van der Waals surface area contributed by atoms with Crippen LogP contribution in [0.15, 0.2) is 17.1 Å². The molecule has 0 unspecified atom stereocenters. The van der Waals surface area contributed by atoms with Crippen molar-refractivity contribution in [2.75, 3.05) is 44.0 Å². The molecule has 0 atom stereocenters. The maximum atomic E-state index is 6.23. The molecule has 2 rings (SSSR count). The van der Waals surface area contributed by atoms with Crippen LogP contribution in [0.3, 0.4) is 0 Å². The third-order valence-corrected chi connectivity index (χ3v) is 3.08. The summed E-state index contributed by atoms with van der Waals surface area (Å²) in [6.45, 7) is 3.18. The van der Waals surface area contributed by atoms with Crippen molar-refractivity contribution in [3.8, 4) is 0 Å². The number of morpholine rings is 1. The average molecular weight is 254 g/mol. The van der Waals surface area contributed by atoms with E-state index in [4.69, 9.17) is 22.1 Å². The number of benzene rings is 1. The fourth-order valence-electron chi connectivity index (χ4n) is 1.89. The summed E-state index contributed by atoms with van der Waals surface area (Å²) in [4.78, 5) is 6.20. The van der Waals surface area contributed by atoms with Crippen LogP contribution in [-0.2, 0) is 4.74 Å². The Morgan fingerprint density at radius 3 is 2.76 bits per heavy atom. The Morgan fingerprint density at radius 2 is 2.12 bits per heavy atom. The van der Waals surface area contributed by atoms with Crippen molar-refractivity contribution < 1.29 is 4.74 Å². The van der Waals surface area contributed by atoms with Crippen LogP contribution < -0.4 is 10.6 Å². The van der Waals surface area contributed by atoms with Crippen molar-refractivity contribution in [2.45, 2.75) is 0 Å². The minimum Gasteiger partial charge on any atom is -0.398 e. The molecule has 0 saturated carbocycles. The van der Waals surface area contributed by atoms with Crippen molar-refractivity contribution >= 4 is 29.2 Å². The minimum absolute atomic E-state index is 0.651. The number of ether oxygens (including phenoxy) is 1. The molecule has 0 radical (unpaired) electrons. The van der Waals surface area contributed by atoms with Crippen LogP contribution in [0.1, 0.15) is 5.56 Å². The van der Waals surface area contributed by atoms with Gasteiger partial charge in [0.15, 0.2) is 0 Å². The Morgan fingerprint density at radius 1 is 1.41 bits per heavy atom. The summed E-state index contributed by atoms with van der Waals surface area (Å²) >= 11 is 6.23. The lowest BCUT2D eigenvalue weighted by Gasteiger charge is -2.30. The summed E-state index contributed by atoms with van der Waals surface area (Å²) in [5.41, 5.74) is 8.44. The maximum absolute atomic E-state index is 6.23. The van der Waals surface area contributed by atoms with Crippen LogP contribution in [0.2, 0.25) is 5.02 Å². The van der Waals surface area contributed by atoms with Crippen LogP contribution in [0, 0.1) is 0 Å². The highest BCUT2D eigenvalue weighted by Gasteiger charge is 2.15. The quantitative estimate of drug-likeness (QED) is 0.646. The van der Waals surface area contributed by atoms with E-state index in [0.717, 1.165) is 37.6 Å². The number of aliphatic imine (C=N–C) groups is 1. The van der Waals surface area contributed by atoms with E-state index in [1.54, 1.807) is 19.3 Å². The third-order valence-electron chi connectivity index (χ3n) is 2.77. The first-order valence-corrected chi connectivity index (χ1v) is 5.94. The van der Waals surface area contributed by atoms with E-state index in [9.17, 15) is 0 Å². The third kappa shape index (κ3) is 2.70. The number of nitrogens with zero attached hydrogens (tertiary/aromatic N) is 2. The largest absolute Gasteiger partial charge is 0.398 e. The fraction of sp³-hybridized carbons (Fsp3) is 0.417. The molecule has 4 nitrogen and oxygen atoms in total. The first kappa shape index (κ1) is 12.2. The van der Waals surface area contributed by atoms with Gasteiger partial charge in [0.1, 0.15) is 0 Å². The number of anilines is 2. The first-order valence-electron chi connectivity index (χ1n) is 5.56. The molecule has 0 aliphatic carbocycles. The van der Waals surface area contributed by atoms with Gasteiger partial charge >= 0.3 is 0 Å². The van der Waals surface area contributed by atoms with Gasteiger partial charge in [0.2, 0.25) is 0 Å². The lowest BCUT2D eigenvalue weighted by atomic mass is 10.1. The zero-order valence-electron chi connectivity index (χ0n) is 9.82. The number of hydrogen-bond acceptors (Lipinski definition) is 4. The second-order valence-electron chi connectivity index (χ2n) is 3.92. The lowest BCUT2D eigenvalue weighted by Crippen LogP contribution is -2.36. The van der Waals surface area contributed by atoms with Gasteiger partial charge in [0, 0.05) is 37.6 Å². The predicted molar refractivity (Wildman–Crippen MR) is 72.4 cm³/mol. The predicted octanol–water partition coefficient (Wildman–Crippen LogP) is 1.81. The molecule has 17 heavy (non-hydrogen) atoms. The lowest BCUT2D eigenvalue weighted by molar-refractivity contribution is 0.122. The molecule has 0 bridgehead atoms. The van der Waals surface area contributed by atoms with Crippen molar-refractivity contribution in [3.05, 3.63) is 22.7 Å². The number of nitrogen functional groups attached to an aromatic ring is 1. The molecular weight excluding hydrogens is 238 g/mol. The highest BCUT2D eigenvalue weighted by Crippen LogP contribution is 2.30. The van der Waals surface area contributed by atoms with E-state index in [1.165, 1.54) is 0 Å².